The van der Waals surface area contributed by atoms with Gasteiger partial charge in [0, 0.05) is 50.1 Å². The molecule has 0 saturated heterocycles. The largest absolute Gasteiger partial charge is 0.456 e. The molecule has 0 spiro atoms. The Morgan fingerprint density at radius 3 is 1.74 bits per heavy atom. The lowest BCUT2D eigenvalue weighted by molar-refractivity contribution is 0.332. The van der Waals surface area contributed by atoms with Gasteiger partial charge in [-0.2, -0.15) is 0 Å². The maximum absolute atomic E-state index is 7.01. The zero-order chi connectivity index (χ0) is 48.2. The van der Waals surface area contributed by atoms with Crippen LogP contribution < -0.4 is 16.2 Å². The third kappa shape index (κ3) is 6.47. The molecule has 1 N–H and O–H groups in total. The second kappa shape index (κ2) is 14.9. The first-order valence-corrected chi connectivity index (χ1v) is 25.7. The molecule has 2 aromatic heterocycles. The first-order valence-electron chi connectivity index (χ1n) is 25.7. The van der Waals surface area contributed by atoms with Crippen molar-refractivity contribution in [3.63, 3.8) is 0 Å². The summed E-state index contributed by atoms with van der Waals surface area (Å²) in [6.45, 7) is 23.9. The number of aryl methyl sites for hydroxylation is 2. The predicted octanol–water partition coefficient (Wildman–Crippen LogP) is 16.7. The Labute approximate surface area is 414 Å². The molecular formula is C66H62BN2O. The summed E-state index contributed by atoms with van der Waals surface area (Å²) in [6, 6.07) is 53.2. The van der Waals surface area contributed by atoms with Gasteiger partial charge in [0.05, 0.1) is 11.2 Å². The van der Waals surface area contributed by atoms with E-state index < -0.39 is 0 Å². The molecule has 3 nitrogen and oxygen atoms in total. The van der Waals surface area contributed by atoms with Crippen molar-refractivity contribution in [1.29, 1.82) is 0 Å². The van der Waals surface area contributed by atoms with Crippen molar-refractivity contribution >= 4 is 73.3 Å². The minimum Gasteiger partial charge on any atom is -0.456 e. The Morgan fingerprint density at radius 2 is 1.06 bits per heavy atom. The third-order valence-corrected chi connectivity index (χ3v) is 17.3. The summed E-state index contributed by atoms with van der Waals surface area (Å²) in [5, 5.41) is 8.92. The van der Waals surface area contributed by atoms with Crippen LogP contribution in [-0.4, -0.2) is 11.8 Å². The van der Waals surface area contributed by atoms with E-state index in [9.17, 15) is 0 Å². The van der Waals surface area contributed by atoms with Crippen LogP contribution in [0.4, 0.5) is 11.4 Å². The predicted molar refractivity (Wildman–Crippen MR) is 299 cm³/mol. The van der Waals surface area contributed by atoms with Crippen LogP contribution in [0.3, 0.4) is 0 Å². The molecule has 0 amide bonds. The molecule has 4 heteroatoms. The quantitative estimate of drug-likeness (QED) is 0.174. The van der Waals surface area contributed by atoms with E-state index in [-0.39, 0.29) is 21.7 Å². The average molecular weight is 910 g/mol. The Hall–Kier alpha value is -6.78. The van der Waals surface area contributed by atoms with Crippen LogP contribution in [0.15, 0.2) is 144 Å². The fraction of sp³-hybridized carbons (Fsp3) is 0.273. The minimum atomic E-state index is 0.0449. The smallest absolute Gasteiger partial charge is 0.197 e. The molecule has 0 saturated carbocycles. The molecule has 3 heterocycles. The Balaban J connectivity index is 1.20. The molecule has 0 atom stereocenters. The number of hydrogen-bond acceptors (Lipinski definition) is 2. The van der Waals surface area contributed by atoms with Crippen LogP contribution in [0.5, 0.6) is 0 Å². The molecule has 2 aliphatic carbocycles. The lowest BCUT2D eigenvalue weighted by Gasteiger charge is -2.42. The van der Waals surface area contributed by atoms with Crippen molar-refractivity contribution in [2.24, 2.45) is 0 Å². The van der Waals surface area contributed by atoms with Crippen LogP contribution in [-0.2, 0) is 21.7 Å². The van der Waals surface area contributed by atoms with Crippen molar-refractivity contribution in [2.75, 3.05) is 5.32 Å². The number of aromatic nitrogens is 1. The van der Waals surface area contributed by atoms with Gasteiger partial charge in [-0.05, 0) is 171 Å². The van der Waals surface area contributed by atoms with Crippen molar-refractivity contribution in [3.8, 4) is 39.1 Å². The van der Waals surface area contributed by atoms with E-state index in [1.807, 2.05) is 0 Å². The molecule has 13 rings (SSSR count). The summed E-state index contributed by atoms with van der Waals surface area (Å²) in [4.78, 5) is 0. The van der Waals surface area contributed by atoms with E-state index in [1.165, 1.54) is 105 Å². The van der Waals surface area contributed by atoms with Gasteiger partial charge in [0.15, 0.2) is 7.28 Å². The molecule has 1 radical (unpaired) electrons. The molecule has 8 aromatic carbocycles. The molecule has 345 valence electrons. The molecule has 70 heavy (non-hydrogen) atoms. The van der Waals surface area contributed by atoms with E-state index in [4.69, 9.17) is 4.42 Å². The van der Waals surface area contributed by atoms with Crippen molar-refractivity contribution in [1.82, 2.24) is 4.57 Å². The van der Waals surface area contributed by atoms with Crippen LogP contribution in [0, 0.1) is 13.8 Å². The van der Waals surface area contributed by atoms with Gasteiger partial charge in [0.1, 0.15) is 11.2 Å². The zero-order valence-electron chi connectivity index (χ0n) is 42.5. The van der Waals surface area contributed by atoms with Gasteiger partial charge < -0.3 is 14.3 Å². The second-order valence-electron chi connectivity index (χ2n) is 23.9. The van der Waals surface area contributed by atoms with E-state index >= 15 is 0 Å². The van der Waals surface area contributed by atoms with Crippen molar-refractivity contribution in [2.45, 2.75) is 117 Å². The number of rotatable bonds is 5. The fourth-order valence-corrected chi connectivity index (χ4v) is 12.9. The molecular weight excluding hydrogens is 848 g/mol. The van der Waals surface area contributed by atoms with Crippen molar-refractivity contribution < 1.29 is 4.42 Å². The van der Waals surface area contributed by atoms with Gasteiger partial charge in [-0.1, -0.05) is 151 Å². The molecule has 1 aliphatic heterocycles. The zero-order valence-corrected chi connectivity index (χ0v) is 42.5. The number of nitrogens with zero attached hydrogens (tertiary/aromatic N) is 1. The second-order valence-corrected chi connectivity index (χ2v) is 23.9. The van der Waals surface area contributed by atoms with E-state index in [0.29, 0.717) is 0 Å². The number of nitrogens with one attached hydrogen (secondary N) is 1. The number of hydrogen-bond donors (Lipinski definition) is 1. The van der Waals surface area contributed by atoms with E-state index in [0.717, 1.165) is 59.2 Å². The van der Waals surface area contributed by atoms with Gasteiger partial charge in [0.2, 0.25) is 0 Å². The van der Waals surface area contributed by atoms with E-state index in [2.05, 4.69) is 226 Å². The Kier molecular flexibility index (Phi) is 9.19. The highest BCUT2D eigenvalue weighted by atomic mass is 16.3. The number of furan rings is 1. The number of fused-ring (bicyclic) bond motifs is 10. The number of anilines is 2. The summed E-state index contributed by atoms with van der Waals surface area (Å²) in [6.07, 6.45) is 4.63. The molecule has 10 aromatic rings. The van der Waals surface area contributed by atoms with Crippen LogP contribution in [0.1, 0.15) is 114 Å². The van der Waals surface area contributed by atoms with Gasteiger partial charge in [-0.15, -0.1) is 0 Å². The summed E-state index contributed by atoms with van der Waals surface area (Å²) in [5.41, 5.74) is 25.9. The Morgan fingerprint density at radius 1 is 0.486 bits per heavy atom. The third-order valence-electron chi connectivity index (χ3n) is 17.3. The van der Waals surface area contributed by atoms with Gasteiger partial charge >= 0.3 is 0 Å². The topological polar surface area (TPSA) is 30.1 Å². The summed E-state index contributed by atoms with van der Waals surface area (Å²) in [5.74, 6) is 0. The lowest BCUT2D eigenvalue weighted by Crippen LogP contribution is -2.37. The highest BCUT2D eigenvalue weighted by Crippen LogP contribution is 2.53. The van der Waals surface area contributed by atoms with Gasteiger partial charge in [-0.3, -0.25) is 0 Å². The summed E-state index contributed by atoms with van der Waals surface area (Å²) >= 11 is 0. The minimum absolute atomic E-state index is 0.0449. The van der Waals surface area contributed by atoms with Crippen LogP contribution in [0.25, 0.3) is 82.8 Å². The average Bonchev–Trinajstić information content (AvgIpc) is 3.87. The summed E-state index contributed by atoms with van der Waals surface area (Å²) in [7, 11) is 2.49. The molecule has 0 bridgehead atoms. The monoisotopic (exact) mass is 909 g/mol. The SMILES string of the molecule is Cc1ccc(Nc2cc3oc4cc5c(cc4c3cc2-c2cc(-c3ccccc3-c3ccccc3)c3c4cc6c(cc4n4c3c2[B]c2cc(C)ccc2-4)C(C)(C)CCC6(C)C)C(C)(C)CCC5(C)C)cc1. The Bertz CT molecular complexity index is 3840. The van der Waals surface area contributed by atoms with Gasteiger partial charge in [0.25, 0.3) is 0 Å². The normalized spacial score (nSPS) is 17.1. The molecule has 0 unspecified atom stereocenters. The molecule has 3 aliphatic rings. The van der Waals surface area contributed by atoms with Gasteiger partial charge in [-0.25, -0.2) is 0 Å². The summed E-state index contributed by atoms with van der Waals surface area (Å²) < 4.78 is 9.65. The van der Waals surface area contributed by atoms with Crippen LogP contribution in [0.2, 0.25) is 0 Å². The van der Waals surface area contributed by atoms with Crippen molar-refractivity contribution in [3.05, 3.63) is 173 Å². The number of benzene rings is 8. The lowest BCUT2D eigenvalue weighted by atomic mass is 9.58. The standard InChI is InChI=1S/C66H62BN2O/c1-38-20-23-41(24-21-38)68-55-37-59-45(46-33-50-53(36-58(46)70-59)66(9,10)29-27-63(50,3)4)31-44(55)48-32-47(43-19-15-14-18-42(43)40-16-12-11-13-17-40)60-49-34-51-52(65(7,8)28-26-64(51,5)6)35-57(49)69-56-25-22-39(2)30-54(56)67-61(48)62(60)69/h11-25,30-37,68H,26-29H2,1-10H3. The maximum Gasteiger partial charge on any atom is 0.197 e. The fourth-order valence-electron chi connectivity index (χ4n) is 12.9. The highest BCUT2D eigenvalue weighted by Gasteiger charge is 2.40. The first-order chi connectivity index (χ1) is 33.5. The van der Waals surface area contributed by atoms with E-state index in [1.54, 1.807) is 0 Å². The van der Waals surface area contributed by atoms with Crippen LogP contribution >= 0.6 is 0 Å². The maximum atomic E-state index is 7.01. The highest BCUT2D eigenvalue weighted by molar-refractivity contribution is 6.73. The first kappa shape index (κ1) is 43.3. The molecule has 0 fully saturated rings.